The molecule has 1 saturated carbocycles. The number of aryl methyl sites for hydroxylation is 1. The molecule has 1 aromatic carbocycles. The van der Waals surface area contributed by atoms with Crippen molar-refractivity contribution in [3.63, 3.8) is 0 Å². The van der Waals surface area contributed by atoms with Crippen molar-refractivity contribution in [1.82, 2.24) is 19.7 Å². The van der Waals surface area contributed by atoms with Gasteiger partial charge in [0.25, 0.3) is 0 Å². The summed E-state index contributed by atoms with van der Waals surface area (Å²) >= 11 is 0. The van der Waals surface area contributed by atoms with Gasteiger partial charge >= 0.3 is 0 Å². The second-order valence-electron chi connectivity index (χ2n) is 14.5. The van der Waals surface area contributed by atoms with Crippen molar-refractivity contribution in [3.8, 4) is 28.6 Å². The molecule has 0 radical (unpaired) electrons. The van der Waals surface area contributed by atoms with Crippen LogP contribution in [-0.4, -0.2) is 65.9 Å². The molecule has 0 amide bonds. The van der Waals surface area contributed by atoms with Crippen molar-refractivity contribution < 1.29 is 23.0 Å². The number of aliphatic hydroxyl groups is 1. The first-order chi connectivity index (χ1) is 22.9. The van der Waals surface area contributed by atoms with E-state index >= 15 is 0 Å². The molecule has 1 aliphatic rings. The number of ether oxygens (including phenoxy) is 2. The third-order valence-corrected chi connectivity index (χ3v) is 11.1. The van der Waals surface area contributed by atoms with Crippen LogP contribution in [0.15, 0.2) is 36.7 Å². The molecule has 1 aliphatic carbocycles. The minimum absolute atomic E-state index is 0.00352. The van der Waals surface area contributed by atoms with Crippen LogP contribution in [-0.2, 0) is 10.0 Å². The predicted molar refractivity (Wildman–Crippen MR) is 193 cm³/mol. The smallest absolute Gasteiger partial charge is 0.246 e. The van der Waals surface area contributed by atoms with Crippen LogP contribution in [0, 0.1) is 18.3 Å². The summed E-state index contributed by atoms with van der Waals surface area (Å²) in [5.41, 5.74) is 2.49. The summed E-state index contributed by atoms with van der Waals surface area (Å²) < 4.78 is 43.1. The monoisotopic (exact) mass is 683 g/mol. The normalized spacial score (nSPS) is 14.5. The third kappa shape index (κ3) is 10.2. The summed E-state index contributed by atoms with van der Waals surface area (Å²) in [5.74, 6) is 1.11. The van der Waals surface area contributed by atoms with E-state index < -0.39 is 16.1 Å². The van der Waals surface area contributed by atoms with Gasteiger partial charge in [0.15, 0.2) is 5.82 Å². The molecule has 0 spiro atoms. The lowest BCUT2D eigenvalue weighted by Gasteiger charge is -2.32. The van der Waals surface area contributed by atoms with Gasteiger partial charge in [-0.1, -0.05) is 84.6 Å². The Labute approximate surface area is 288 Å². The topological polar surface area (TPSA) is 120 Å². The average Bonchev–Trinajstić information content (AvgIpc) is 3.43. The lowest BCUT2D eigenvalue weighted by molar-refractivity contribution is 0.0802. The van der Waals surface area contributed by atoms with Crippen molar-refractivity contribution >= 4 is 16.0 Å². The zero-order valence-corrected chi connectivity index (χ0v) is 30.8. The number of aromatic nitrogens is 4. The molecule has 48 heavy (non-hydrogen) atoms. The van der Waals surface area contributed by atoms with Crippen LogP contribution in [0.4, 0.5) is 5.95 Å². The number of nitrogens with zero attached hydrogens (tertiary/aromatic N) is 5. The number of methoxy groups -OCH3 is 2. The SMILES string of the molecule is COc1cccc(OC)c1-n1c(-c2cncc(C)c2)nnc1N(CCCCCCCCCCCC(C)(C)C)S(=O)(=O)C[C@H](O)C1CCC1. The van der Waals surface area contributed by atoms with E-state index in [0.717, 1.165) is 44.1 Å². The quantitative estimate of drug-likeness (QED) is 0.119. The van der Waals surface area contributed by atoms with E-state index in [1.165, 1.54) is 42.8 Å². The number of unbranched alkanes of at least 4 members (excludes halogenated alkanes) is 8. The molecule has 1 atom stereocenters. The Hall–Kier alpha value is -3.18. The number of aliphatic hydroxyl groups excluding tert-OH is 1. The number of pyridine rings is 1. The first kappa shape index (κ1) is 37.6. The Kier molecular flexibility index (Phi) is 13.7. The molecule has 10 nitrogen and oxygen atoms in total. The van der Waals surface area contributed by atoms with Gasteiger partial charge in [-0.15, -0.1) is 10.2 Å². The second-order valence-corrected chi connectivity index (χ2v) is 16.5. The fourth-order valence-corrected chi connectivity index (χ4v) is 8.00. The molecule has 3 aromatic rings. The molecule has 0 aliphatic heterocycles. The molecule has 4 rings (SSSR count). The van der Waals surface area contributed by atoms with Gasteiger partial charge in [-0.05, 0) is 67.7 Å². The van der Waals surface area contributed by atoms with Gasteiger partial charge in [0.05, 0.1) is 26.1 Å². The summed E-state index contributed by atoms with van der Waals surface area (Å²) in [7, 11) is -0.878. The standard InChI is InChI=1S/C37H57N5O5S/c1-28-24-30(26-38-25-28)35-39-40-36(42(35)34-32(46-5)20-17-21-33(34)47-6)41(48(44,45)27-31(43)29-18-16-19-29)23-15-13-11-9-7-8-10-12-14-22-37(2,3)4/h17,20-21,24-26,29,31,43H,7-16,18-19,22-23,27H2,1-6H3/t31-/m0/s1. The molecule has 1 N–H and O–H groups in total. The van der Waals surface area contributed by atoms with Gasteiger partial charge in [0, 0.05) is 24.5 Å². The lowest BCUT2D eigenvalue weighted by atomic mass is 9.82. The Bertz CT molecular complexity index is 1530. The number of hydrogen-bond donors (Lipinski definition) is 1. The highest BCUT2D eigenvalue weighted by Crippen LogP contribution is 2.39. The van der Waals surface area contributed by atoms with Crippen molar-refractivity contribution in [2.24, 2.45) is 11.3 Å². The van der Waals surface area contributed by atoms with Crippen LogP contribution in [0.5, 0.6) is 11.5 Å². The second kappa shape index (κ2) is 17.5. The first-order valence-corrected chi connectivity index (χ1v) is 19.3. The molecule has 2 aromatic heterocycles. The fraction of sp³-hybridized carbons (Fsp3) is 0.649. The van der Waals surface area contributed by atoms with E-state index in [0.29, 0.717) is 40.4 Å². The van der Waals surface area contributed by atoms with Crippen molar-refractivity contribution in [3.05, 3.63) is 42.2 Å². The largest absolute Gasteiger partial charge is 0.494 e. The van der Waals surface area contributed by atoms with Gasteiger partial charge < -0.3 is 14.6 Å². The molecular formula is C37H57N5O5S. The number of benzene rings is 1. The van der Waals surface area contributed by atoms with Crippen molar-refractivity contribution in [2.75, 3.05) is 30.8 Å². The maximum atomic E-state index is 14.2. The highest BCUT2D eigenvalue weighted by atomic mass is 32.2. The van der Waals surface area contributed by atoms with E-state index in [9.17, 15) is 13.5 Å². The van der Waals surface area contributed by atoms with Gasteiger partial charge in [0.2, 0.25) is 16.0 Å². The summed E-state index contributed by atoms with van der Waals surface area (Å²) in [6.07, 6.45) is 16.4. The predicted octanol–water partition coefficient (Wildman–Crippen LogP) is 7.90. The molecule has 0 bridgehead atoms. The highest BCUT2D eigenvalue weighted by molar-refractivity contribution is 7.92. The minimum Gasteiger partial charge on any atom is -0.494 e. The Morgan fingerprint density at radius 1 is 0.938 bits per heavy atom. The molecular weight excluding hydrogens is 627 g/mol. The number of para-hydroxylation sites is 1. The molecule has 0 saturated heterocycles. The van der Waals surface area contributed by atoms with Crippen LogP contribution in [0.3, 0.4) is 0 Å². The summed E-state index contributed by atoms with van der Waals surface area (Å²) in [6.45, 7) is 9.06. The molecule has 2 heterocycles. The number of anilines is 1. The zero-order chi connectivity index (χ0) is 34.7. The minimum atomic E-state index is -4.00. The van der Waals surface area contributed by atoms with Gasteiger partial charge in [-0.25, -0.2) is 12.7 Å². The van der Waals surface area contributed by atoms with Crippen LogP contribution in [0.25, 0.3) is 17.1 Å². The third-order valence-electron chi connectivity index (χ3n) is 9.33. The summed E-state index contributed by atoms with van der Waals surface area (Å²) in [4.78, 5) is 4.36. The maximum absolute atomic E-state index is 14.2. The van der Waals surface area contributed by atoms with Crippen LogP contribution >= 0.6 is 0 Å². The zero-order valence-electron chi connectivity index (χ0n) is 29.9. The molecule has 0 unspecified atom stereocenters. The van der Waals surface area contributed by atoms with Crippen LogP contribution in [0.1, 0.15) is 110 Å². The highest BCUT2D eigenvalue weighted by Gasteiger charge is 2.36. The summed E-state index contributed by atoms with van der Waals surface area (Å²) in [6, 6.07) is 7.34. The Morgan fingerprint density at radius 3 is 2.08 bits per heavy atom. The Morgan fingerprint density at radius 2 is 1.54 bits per heavy atom. The van der Waals surface area contributed by atoms with Crippen molar-refractivity contribution in [1.29, 1.82) is 0 Å². The van der Waals surface area contributed by atoms with Gasteiger partial charge in [-0.3, -0.25) is 9.55 Å². The molecule has 1 fully saturated rings. The maximum Gasteiger partial charge on any atom is 0.246 e. The van der Waals surface area contributed by atoms with E-state index in [1.807, 2.05) is 19.1 Å². The lowest BCUT2D eigenvalue weighted by Crippen LogP contribution is -2.42. The van der Waals surface area contributed by atoms with E-state index in [1.54, 1.807) is 43.3 Å². The van der Waals surface area contributed by atoms with Gasteiger partial charge in [-0.2, -0.15) is 0 Å². The summed E-state index contributed by atoms with van der Waals surface area (Å²) in [5, 5.41) is 20.0. The Balaban J connectivity index is 1.59. The van der Waals surface area contributed by atoms with Gasteiger partial charge in [0.1, 0.15) is 17.2 Å². The first-order valence-electron chi connectivity index (χ1n) is 17.7. The molecule has 266 valence electrons. The van der Waals surface area contributed by atoms with E-state index in [2.05, 4.69) is 36.0 Å². The van der Waals surface area contributed by atoms with E-state index in [4.69, 9.17) is 9.47 Å². The number of rotatable bonds is 20. The van der Waals surface area contributed by atoms with Crippen LogP contribution < -0.4 is 13.8 Å². The number of sulfonamides is 1. The van der Waals surface area contributed by atoms with Crippen LogP contribution in [0.2, 0.25) is 0 Å². The number of hydrogen-bond acceptors (Lipinski definition) is 8. The average molecular weight is 684 g/mol. The molecule has 11 heteroatoms. The van der Waals surface area contributed by atoms with Crippen molar-refractivity contribution in [2.45, 2.75) is 117 Å². The van der Waals surface area contributed by atoms with E-state index in [-0.39, 0.29) is 24.2 Å². The fourth-order valence-electron chi connectivity index (χ4n) is 6.34.